The lowest BCUT2D eigenvalue weighted by Gasteiger charge is -2.63. The molecule has 5 heteroatoms. The summed E-state index contributed by atoms with van der Waals surface area (Å²) in [5.74, 6) is 0.627. The van der Waals surface area contributed by atoms with Crippen molar-refractivity contribution in [1.29, 1.82) is 0 Å². The molecule has 0 unspecified atom stereocenters. The number of cyclic esters (lactones) is 1. The first kappa shape index (κ1) is 19.1. The van der Waals surface area contributed by atoms with E-state index in [1.807, 2.05) is 0 Å². The van der Waals surface area contributed by atoms with Gasteiger partial charge in [-0.25, -0.2) is 4.79 Å². The fraction of sp³-hybridized carbons (Fsp3) is 0.870. The highest BCUT2D eigenvalue weighted by molar-refractivity contribution is 5.85. The molecule has 1 heterocycles. The van der Waals surface area contributed by atoms with Crippen LogP contribution < -0.4 is 0 Å². The number of aliphatic hydroxyl groups is 3. The van der Waals surface area contributed by atoms with Crippen molar-refractivity contribution in [3.05, 3.63) is 11.6 Å². The molecule has 0 amide bonds. The van der Waals surface area contributed by atoms with Crippen molar-refractivity contribution in [3.63, 3.8) is 0 Å². The van der Waals surface area contributed by atoms with Gasteiger partial charge in [-0.3, -0.25) is 0 Å². The molecule has 0 aromatic carbocycles. The highest BCUT2D eigenvalue weighted by Gasteiger charge is 2.70. The second-order valence-electron chi connectivity index (χ2n) is 10.9. The van der Waals surface area contributed by atoms with E-state index >= 15 is 0 Å². The summed E-state index contributed by atoms with van der Waals surface area (Å²) in [6, 6.07) is 0. The van der Waals surface area contributed by atoms with Crippen molar-refractivity contribution in [2.75, 3.05) is 6.61 Å². The van der Waals surface area contributed by atoms with Gasteiger partial charge in [-0.15, -0.1) is 0 Å². The van der Waals surface area contributed by atoms with Crippen LogP contribution in [-0.2, 0) is 9.53 Å². The van der Waals surface area contributed by atoms with Crippen LogP contribution >= 0.6 is 0 Å². The van der Waals surface area contributed by atoms with Crippen molar-refractivity contribution in [2.24, 2.45) is 34.5 Å². The van der Waals surface area contributed by atoms with Crippen LogP contribution in [-0.4, -0.2) is 45.7 Å². The van der Waals surface area contributed by atoms with Crippen LogP contribution in [0, 0.1) is 34.5 Å². The maximum atomic E-state index is 12.1. The molecule has 5 nitrogen and oxygen atoms in total. The molecule has 9 atom stereocenters. The molecule has 4 saturated carbocycles. The first-order valence-corrected chi connectivity index (χ1v) is 11.1. The Balaban J connectivity index is 1.50. The van der Waals surface area contributed by atoms with Crippen LogP contribution in [0.2, 0.25) is 0 Å². The normalized spacial score (nSPS) is 55.8. The Labute approximate surface area is 167 Å². The van der Waals surface area contributed by atoms with Crippen LogP contribution in [0.3, 0.4) is 0 Å². The SMILES string of the molecule is C[C@]12CC[C@H](O)C[C@@H]1CC[C@@H]1[C@@H]2CC[C@]2(C)[C@H](C3=CC(=O)OC3)[C@@H](O)C[C@]12O. The van der Waals surface area contributed by atoms with E-state index in [1.165, 1.54) is 6.08 Å². The van der Waals surface area contributed by atoms with Gasteiger partial charge >= 0.3 is 5.97 Å². The Morgan fingerprint density at radius 1 is 1.07 bits per heavy atom. The number of rotatable bonds is 1. The Morgan fingerprint density at radius 2 is 1.86 bits per heavy atom. The van der Waals surface area contributed by atoms with E-state index < -0.39 is 17.1 Å². The average Bonchev–Trinajstić information content (AvgIpc) is 3.13. The summed E-state index contributed by atoms with van der Waals surface area (Å²) in [7, 11) is 0. The summed E-state index contributed by atoms with van der Waals surface area (Å²) in [6.07, 6.45) is 7.87. The lowest BCUT2D eigenvalue weighted by molar-refractivity contribution is -0.208. The first-order chi connectivity index (χ1) is 13.2. The van der Waals surface area contributed by atoms with Gasteiger partial charge in [0.05, 0.1) is 17.8 Å². The Morgan fingerprint density at radius 3 is 2.57 bits per heavy atom. The van der Waals surface area contributed by atoms with E-state index in [-0.39, 0.29) is 35.9 Å². The van der Waals surface area contributed by atoms with Gasteiger partial charge in [-0.05, 0) is 73.7 Å². The number of hydrogen-bond acceptors (Lipinski definition) is 5. The highest BCUT2D eigenvalue weighted by Crippen LogP contribution is 2.69. The molecular formula is C23H34O5. The van der Waals surface area contributed by atoms with Crippen LogP contribution in [0.15, 0.2) is 11.6 Å². The Bertz CT molecular complexity index is 718. The monoisotopic (exact) mass is 390 g/mol. The molecule has 156 valence electrons. The highest BCUT2D eigenvalue weighted by atomic mass is 16.5. The Hall–Kier alpha value is -0.910. The summed E-state index contributed by atoms with van der Waals surface area (Å²) in [5.41, 5.74) is -0.301. The maximum Gasteiger partial charge on any atom is 0.331 e. The van der Waals surface area contributed by atoms with E-state index in [1.54, 1.807) is 0 Å². The number of carbonyl (C=O) groups is 1. The van der Waals surface area contributed by atoms with Crippen molar-refractivity contribution < 1.29 is 24.9 Å². The molecule has 0 aromatic heterocycles. The molecule has 0 radical (unpaired) electrons. The summed E-state index contributed by atoms with van der Waals surface area (Å²) < 4.78 is 5.14. The summed E-state index contributed by atoms with van der Waals surface area (Å²) in [6.45, 7) is 4.77. The molecule has 5 rings (SSSR count). The number of ether oxygens (including phenoxy) is 1. The van der Waals surface area contributed by atoms with E-state index in [2.05, 4.69) is 13.8 Å². The zero-order chi connectivity index (χ0) is 19.9. The molecule has 3 N–H and O–H groups in total. The molecule has 0 spiro atoms. The summed E-state index contributed by atoms with van der Waals surface area (Å²) in [5, 5.41) is 33.3. The van der Waals surface area contributed by atoms with Gasteiger partial charge in [0.15, 0.2) is 0 Å². The second kappa shape index (κ2) is 6.05. The molecule has 0 saturated heterocycles. The lowest BCUT2D eigenvalue weighted by atomic mass is 9.43. The van der Waals surface area contributed by atoms with Gasteiger partial charge in [0.25, 0.3) is 0 Å². The molecule has 4 fully saturated rings. The van der Waals surface area contributed by atoms with Gasteiger partial charge in [0.1, 0.15) is 6.61 Å². The van der Waals surface area contributed by atoms with Gasteiger partial charge in [-0.2, -0.15) is 0 Å². The summed E-state index contributed by atoms with van der Waals surface area (Å²) in [4.78, 5) is 11.7. The molecule has 0 aromatic rings. The average molecular weight is 391 g/mol. The number of fused-ring (bicyclic) bond motifs is 5. The van der Waals surface area contributed by atoms with Crippen LogP contribution in [0.25, 0.3) is 0 Å². The number of aliphatic hydroxyl groups excluding tert-OH is 2. The van der Waals surface area contributed by atoms with E-state index in [0.717, 1.165) is 50.5 Å². The third kappa shape index (κ3) is 2.33. The summed E-state index contributed by atoms with van der Waals surface area (Å²) >= 11 is 0. The molecule has 5 aliphatic rings. The van der Waals surface area contributed by atoms with Crippen LogP contribution in [0.4, 0.5) is 0 Å². The molecule has 28 heavy (non-hydrogen) atoms. The van der Waals surface area contributed by atoms with E-state index in [0.29, 0.717) is 18.3 Å². The predicted molar refractivity (Wildman–Crippen MR) is 103 cm³/mol. The minimum Gasteiger partial charge on any atom is -0.458 e. The van der Waals surface area contributed by atoms with Gasteiger partial charge < -0.3 is 20.1 Å². The predicted octanol–water partition coefficient (Wildman–Crippen LogP) is 2.58. The van der Waals surface area contributed by atoms with Crippen molar-refractivity contribution in [1.82, 2.24) is 0 Å². The van der Waals surface area contributed by atoms with Gasteiger partial charge in [0.2, 0.25) is 0 Å². The fourth-order valence-corrected chi connectivity index (χ4v) is 8.47. The lowest BCUT2D eigenvalue weighted by Crippen LogP contribution is -2.62. The maximum absolute atomic E-state index is 12.1. The van der Waals surface area contributed by atoms with Gasteiger partial charge in [0, 0.05) is 23.8 Å². The quantitative estimate of drug-likeness (QED) is 0.599. The zero-order valence-corrected chi connectivity index (χ0v) is 17.1. The van der Waals surface area contributed by atoms with Crippen molar-refractivity contribution in [3.8, 4) is 0 Å². The smallest absolute Gasteiger partial charge is 0.331 e. The topological polar surface area (TPSA) is 87.0 Å². The van der Waals surface area contributed by atoms with Gasteiger partial charge in [-0.1, -0.05) is 13.8 Å². The fourth-order valence-electron chi connectivity index (χ4n) is 8.47. The number of hydrogen-bond donors (Lipinski definition) is 3. The zero-order valence-electron chi connectivity index (χ0n) is 17.1. The third-order valence-corrected chi connectivity index (χ3v) is 9.92. The van der Waals surface area contributed by atoms with Crippen molar-refractivity contribution in [2.45, 2.75) is 83.0 Å². The number of carbonyl (C=O) groups excluding carboxylic acids is 1. The molecule has 1 aliphatic heterocycles. The first-order valence-electron chi connectivity index (χ1n) is 11.1. The molecule has 4 aliphatic carbocycles. The number of esters is 1. The van der Waals surface area contributed by atoms with Crippen LogP contribution in [0.5, 0.6) is 0 Å². The standard InChI is InChI=1S/C23H34O5/c1-21-7-5-15(24)10-14(21)3-4-17-16(21)6-8-22(2)20(13-9-19(26)28-12-13)18(25)11-23(17,22)27/h9,14-18,20,24-25,27H,3-8,10-12H2,1-2H3/t14-,15-,16-,17+,18-,20+,21-,22+,23-/m0/s1. The largest absolute Gasteiger partial charge is 0.458 e. The molecular weight excluding hydrogens is 356 g/mol. The minimum absolute atomic E-state index is 0.170. The van der Waals surface area contributed by atoms with E-state index in [4.69, 9.17) is 4.74 Å². The second-order valence-corrected chi connectivity index (χ2v) is 10.9. The van der Waals surface area contributed by atoms with Crippen molar-refractivity contribution >= 4 is 5.97 Å². The van der Waals surface area contributed by atoms with Crippen LogP contribution in [0.1, 0.15) is 65.2 Å². The Kier molecular flexibility index (Phi) is 4.12. The molecule has 0 bridgehead atoms. The third-order valence-electron chi connectivity index (χ3n) is 9.92. The van der Waals surface area contributed by atoms with E-state index in [9.17, 15) is 20.1 Å². The minimum atomic E-state index is -0.906.